The molecule has 8 heteroatoms. The van der Waals surface area contributed by atoms with Crippen molar-refractivity contribution in [1.82, 2.24) is 14.9 Å². The fourth-order valence-electron chi connectivity index (χ4n) is 2.78. The monoisotopic (exact) mass is 363 g/mol. The van der Waals surface area contributed by atoms with Gasteiger partial charge in [-0.2, -0.15) is 0 Å². The van der Waals surface area contributed by atoms with E-state index in [1.807, 2.05) is 24.3 Å². The summed E-state index contributed by atoms with van der Waals surface area (Å²) in [5, 5.41) is 10.1. The van der Waals surface area contributed by atoms with E-state index < -0.39 is 23.7 Å². The van der Waals surface area contributed by atoms with Gasteiger partial charge < -0.3 is 14.8 Å². The Morgan fingerprint density at radius 3 is 2.72 bits per heavy atom. The number of H-pyrrole nitrogens is 1. The lowest BCUT2D eigenvalue weighted by Crippen LogP contribution is -2.43. The third kappa shape index (κ3) is 4.07. The van der Waals surface area contributed by atoms with E-state index in [4.69, 9.17) is 4.74 Å². The van der Waals surface area contributed by atoms with E-state index in [2.05, 4.69) is 9.97 Å². The normalized spacial score (nSPS) is 20.8. The van der Waals surface area contributed by atoms with Crippen molar-refractivity contribution in [3.8, 4) is 0 Å². The summed E-state index contributed by atoms with van der Waals surface area (Å²) in [6.07, 6.45) is -0.233. The van der Waals surface area contributed by atoms with Gasteiger partial charge in [0, 0.05) is 11.8 Å². The standard InChI is InChI=1S/C17H21N3O4S/c1-17(2,3)24-16(23)20-9-10(8-13(20)14(21)22)25-15-18-11-6-4-5-7-12(11)19-15/h4-7,10,13H,8-9H2,1-3H3,(H,18,19)(H,21,22)/t10-,13+/m0/s1. The quantitative estimate of drug-likeness (QED) is 0.870. The number of aromatic amines is 1. The van der Waals surface area contributed by atoms with Crippen LogP contribution in [-0.4, -0.2) is 55.5 Å². The summed E-state index contributed by atoms with van der Waals surface area (Å²) in [6, 6.07) is 6.82. The van der Waals surface area contributed by atoms with Crippen LogP contribution in [0.15, 0.2) is 29.4 Å². The number of hydrogen-bond donors (Lipinski definition) is 2. The van der Waals surface area contributed by atoms with E-state index in [-0.39, 0.29) is 5.25 Å². The van der Waals surface area contributed by atoms with E-state index in [0.29, 0.717) is 13.0 Å². The minimum Gasteiger partial charge on any atom is -0.480 e. The molecule has 2 atom stereocenters. The molecule has 1 amide bonds. The molecule has 7 nitrogen and oxygen atoms in total. The molecule has 0 spiro atoms. The number of fused-ring (bicyclic) bond motifs is 1. The maximum absolute atomic E-state index is 12.3. The summed E-state index contributed by atoms with van der Waals surface area (Å²) in [4.78, 5) is 32.9. The van der Waals surface area contributed by atoms with E-state index >= 15 is 0 Å². The molecule has 1 fully saturated rings. The fraction of sp³-hybridized carbons (Fsp3) is 0.471. The van der Waals surface area contributed by atoms with Gasteiger partial charge in [0.1, 0.15) is 11.6 Å². The van der Waals surface area contributed by atoms with E-state index in [1.54, 1.807) is 20.8 Å². The Morgan fingerprint density at radius 1 is 1.36 bits per heavy atom. The smallest absolute Gasteiger partial charge is 0.411 e. The number of thioether (sulfide) groups is 1. The predicted molar refractivity (Wildman–Crippen MR) is 94.7 cm³/mol. The number of carbonyl (C=O) groups excluding carboxylic acids is 1. The minimum absolute atomic E-state index is 0.0609. The summed E-state index contributed by atoms with van der Waals surface area (Å²) in [7, 11) is 0. The van der Waals surface area contributed by atoms with Crippen LogP contribution in [0.1, 0.15) is 27.2 Å². The topological polar surface area (TPSA) is 95.5 Å². The number of benzene rings is 1. The van der Waals surface area contributed by atoms with Crippen molar-refractivity contribution in [3.05, 3.63) is 24.3 Å². The number of carbonyl (C=O) groups is 2. The molecule has 1 aliphatic heterocycles. The molecular formula is C17H21N3O4S. The van der Waals surface area contributed by atoms with Crippen LogP contribution in [-0.2, 0) is 9.53 Å². The van der Waals surface area contributed by atoms with Gasteiger partial charge in [-0.3, -0.25) is 4.90 Å². The first-order valence-electron chi connectivity index (χ1n) is 8.07. The van der Waals surface area contributed by atoms with Crippen molar-refractivity contribution in [2.24, 2.45) is 0 Å². The van der Waals surface area contributed by atoms with Crippen LogP contribution in [0.25, 0.3) is 11.0 Å². The number of carboxylic acids is 1. The van der Waals surface area contributed by atoms with Gasteiger partial charge in [-0.15, -0.1) is 0 Å². The molecule has 25 heavy (non-hydrogen) atoms. The number of aliphatic carboxylic acids is 1. The first-order chi connectivity index (χ1) is 11.7. The molecule has 1 aromatic carbocycles. The molecule has 2 N–H and O–H groups in total. The Hall–Kier alpha value is -2.22. The van der Waals surface area contributed by atoms with Crippen molar-refractivity contribution >= 4 is 34.9 Å². The van der Waals surface area contributed by atoms with Gasteiger partial charge >= 0.3 is 12.1 Å². The first-order valence-corrected chi connectivity index (χ1v) is 8.95. The number of nitrogens with zero attached hydrogens (tertiary/aromatic N) is 2. The Bertz CT molecular complexity index is 766. The highest BCUT2D eigenvalue weighted by molar-refractivity contribution is 7.99. The third-order valence-corrected chi connectivity index (χ3v) is 4.91. The minimum atomic E-state index is -1.02. The molecule has 0 bridgehead atoms. The number of aromatic nitrogens is 2. The number of imidazole rings is 1. The largest absolute Gasteiger partial charge is 0.480 e. The van der Waals surface area contributed by atoms with Crippen molar-refractivity contribution in [2.75, 3.05) is 6.54 Å². The second-order valence-corrected chi connectivity index (χ2v) is 8.31. The van der Waals surface area contributed by atoms with Crippen LogP contribution in [0.3, 0.4) is 0 Å². The fourth-order valence-corrected chi connectivity index (χ4v) is 3.93. The van der Waals surface area contributed by atoms with E-state index in [1.165, 1.54) is 16.7 Å². The lowest BCUT2D eigenvalue weighted by atomic mass is 10.2. The van der Waals surface area contributed by atoms with Gasteiger partial charge in [-0.1, -0.05) is 23.9 Å². The average molecular weight is 363 g/mol. The van der Waals surface area contributed by atoms with Crippen LogP contribution < -0.4 is 0 Å². The lowest BCUT2D eigenvalue weighted by Gasteiger charge is -2.26. The molecule has 1 aromatic heterocycles. The summed E-state index contributed by atoms with van der Waals surface area (Å²) in [6.45, 7) is 5.60. The molecule has 0 aliphatic carbocycles. The molecule has 1 aliphatic rings. The van der Waals surface area contributed by atoms with Crippen molar-refractivity contribution in [1.29, 1.82) is 0 Å². The molecular weight excluding hydrogens is 342 g/mol. The van der Waals surface area contributed by atoms with Crippen LogP contribution >= 0.6 is 11.8 Å². The molecule has 0 saturated carbocycles. The van der Waals surface area contributed by atoms with Crippen LogP contribution in [0, 0.1) is 0 Å². The van der Waals surface area contributed by atoms with Gasteiger partial charge in [0.15, 0.2) is 5.16 Å². The zero-order valence-corrected chi connectivity index (χ0v) is 15.2. The molecule has 3 rings (SSSR count). The van der Waals surface area contributed by atoms with Crippen LogP contribution in [0.5, 0.6) is 0 Å². The van der Waals surface area contributed by atoms with Crippen LogP contribution in [0.2, 0.25) is 0 Å². The first kappa shape index (κ1) is 17.6. The Balaban J connectivity index is 1.73. The van der Waals surface area contributed by atoms with E-state index in [9.17, 15) is 14.7 Å². The van der Waals surface area contributed by atoms with Crippen molar-refractivity contribution in [3.63, 3.8) is 0 Å². The Kier molecular flexibility index (Phi) is 4.64. The van der Waals surface area contributed by atoms with Gasteiger partial charge in [0.25, 0.3) is 0 Å². The number of para-hydroxylation sites is 2. The zero-order chi connectivity index (χ0) is 18.2. The third-order valence-electron chi connectivity index (χ3n) is 3.82. The van der Waals surface area contributed by atoms with Crippen molar-refractivity contribution < 1.29 is 19.4 Å². The number of nitrogens with one attached hydrogen (secondary N) is 1. The molecule has 2 heterocycles. The van der Waals surface area contributed by atoms with Gasteiger partial charge in [-0.05, 0) is 39.3 Å². The SMILES string of the molecule is CC(C)(C)OC(=O)N1C[C@@H](Sc2nc3ccccc3[nH]2)C[C@@H]1C(=O)O. The molecule has 0 radical (unpaired) electrons. The predicted octanol–water partition coefficient (Wildman–Crippen LogP) is 3.12. The molecule has 2 aromatic rings. The van der Waals surface area contributed by atoms with Gasteiger partial charge in [-0.25, -0.2) is 14.6 Å². The summed E-state index contributed by atoms with van der Waals surface area (Å²) >= 11 is 1.46. The Labute approximate surface area is 149 Å². The number of carboxylic acid groups (broad SMARTS) is 1. The highest BCUT2D eigenvalue weighted by Gasteiger charge is 2.42. The summed E-state index contributed by atoms with van der Waals surface area (Å²) in [5.74, 6) is -1.02. The molecule has 134 valence electrons. The van der Waals surface area contributed by atoms with Gasteiger partial charge in [0.05, 0.1) is 11.0 Å². The molecule has 1 saturated heterocycles. The number of likely N-dealkylation sites (tertiary alicyclic amines) is 1. The number of rotatable bonds is 3. The highest BCUT2D eigenvalue weighted by atomic mass is 32.2. The Morgan fingerprint density at radius 2 is 2.08 bits per heavy atom. The zero-order valence-electron chi connectivity index (χ0n) is 14.4. The van der Waals surface area contributed by atoms with Crippen LogP contribution in [0.4, 0.5) is 4.79 Å². The average Bonchev–Trinajstić information content (AvgIpc) is 3.09. The van der Waals surface area contributed by atoms with Gasteiger partial charge in [0.2, 0.25) is 0 Å². The second kappa shape index (κ2) is 6.59. The highest BCUT2D eigenvalue weighted by Crippen LogP contribution is 2.33. The molecule has 0 unspecified atom stereocenters. The lowest BCUT2D eigenvalue weighted by molar-refractivity contribution is -0.142. The van der Waals surface area contributed by atoms with E-state index in [0.717, 1.165) is 16.2 Å². The number of hydrogen-bond acceptors (Lipinski definition) is 5. The number of ether oxygens (including phenoxy) is 1. The summed E-state index contributed by atoms with van der Waals surface area (Å²) in [5.41, 5.74) is 1.13. The maximum atomic E-state index is 12.3. The maximum Gasteiger partial charge on any atom is 0.411 e. The van der Waals surface area contributed by atoms with Crippen molar-refractivity contribution in [2.45, 2.75) is 49.2 Å². The summed E-state index contributed by atoms with van der Waals surface area (Å²) < 4.78 is 5.34. The number of amides is 1. The second-order valence-electron chi connectivity index (χ2n) is 7.02.